The van der Waals surface area contributed by atoms with Gasteiger partial charge in [0.2, 0.25) is 5.91 Å². The van der Waals surface area contributed by atoms with Crippen molar-refractivity contribution in [2.75, 3.05) is 11.9 Å². The first-order chi connectivity index (χ1) is 10.8. The van der Waals surface area contributed by atoms with Crippen LogP contribution in [-0.4, -0.2) is 23.5 Å². The Morgan fingerprint density at radius 1 is 1.43 bits per heavy atom. The van der Waals surface area contributed by atoms with Gasteiger partial charge in [0.25, 0.3) is 0 Å². The summed E-state index contributed by atoms with van der Waals surface area (Å²) in [5.74, 6) is 0.745. The van der Waals surface area contributed by atoms with Gasteiger partial charge in [-0.1, -0.05) is 20.8 Å². The van der Waals surface area contributed by atoms with Gasteiger partial charge in [-0.3, -0.25) is 4.79 Å². The third kappa shape index (κ3) is 3.38. The molecular formula is C17H21N3O2S. The van der Waals surface area contributed by atoms with Crippen LogP contribution in [0.2, 0.25) is 0 Å². The van der Waals surface area contributed by atoms with Crippen LogP contribution in [0.15, 0.2) is 23.6 Å². The molecular weight excluding hydrogens is 310 g/mol. The lowest BCUT2D eigenvalue weighted by Gasteiger charge is -2.25. The van der Waals surface area contributed by atoms with Gasteiger partial charge >= 0.3 is 0 Å². The lowest BCUT2D eigenvalue weighted by Crippen LogP contribution is -2.45. The molecule has 1 amide bonds. The lowest BCUT2D eigenvalue weighted by atomic mass is 9.87. The van der Waals surface area contributed by atoms with Crippen molar-refractivity contribution in [3.05, 3.63) is 29.1 Å². The standard InChI is InChI=1S/C17H21N3O2S/c1-17(2,3)14(18)15(21)20-16-19-12(9-23-16)10-4-5-13-11(8-10)6-7-22-13/h4-5,8-9,14H,6-7,18H2,1-3H3,(H,19,20,21)/t14-/m1/s1. The maximum Gasteiger partial charge on any atom is 0.243 e. The molecule has 0 fully saturated rings. The number of fused-ring (bicyclic) bond motifs is 1. The molecule has 122 valence electrons. The molecule has 0 bridgehead atoms. The fourth-order valence-electron chi connectivity index (χ4n) is 2.39. The molecule has 0 saturated carbocycles. The van der Waals surface area contributed by atoms with Crippen molar-refractivity contribution < 1.29 is 9.53 Å². The second-order valence-electron chi connectivity index (χ2n) is 6.79. The van der Waals surface area contributed by atoms with Crippen LogP contribution < -0.4 is 15.8 Å². The number of thiazole rings is 1. The van der Waals surface area contributed by atoms with E-state index in [0.717, 1.165) is 30.0 Å². The van der Waals surface area contributed by atoms with Crippen molar-refractivity contribution in [2.45, 2.75) is 33.2 Å². The highest BCUT2D eigenvalue weighted by atomic mass is 32.1. The average molecular weight is 331 g/mol. The van der Waals surface area contributed by atoms with Crippen molar-refractivity contribution in [2.24, 2.45) is 11.1 Å². The molecule has 23 heavy (non-hydrogen) atoms. The van der Waals surface area contributed by atoms with E-state index < -0.39 is 6.04 Å². The second kappa shape index (κ2) is 5.94. The summed E-state index contributed by atoms with van der Waals surface area (Å²) in [5.41, 5.74) is 8.77. The topological polar surface area (TPSA) is 77.2 Å². The van der Waals surface area contributed by atoms with E-state index in [1.54, 1.807) is 0 Å². The van der Waals surface area contributed by atoms with Gasteiger partial charge in [0.1, 0.15) is 5.75 Å². The molecule has 0 spiro atoms. The van der Waals surface area contributed by atoms with Gasteiger partial charge < -0.3 is 15.8 Å². The Bertz CT molecular complexity index is 734. The summed E-state index contributed by atoms with van der Waals surface area (Å²) < 4.78 is 5.52. The smallest absolute Gasteiger partial charge is 0.243 e. The first-order valence-corrected chi connectivity index (χ1v) is 8.50. The number of benzene rings is 1. The summed E-state index contributed by atoms with van der Waals surface area (Å²) in [6.07, 6.45) is 0.928. The van der Waals surface area contributed by atoms with Crippen LogP contribution in [0.4, 0.5) is 5.13 Å². The Kier molecular flexibility index (Phi) is 4.12. The van der Waals surface area contributed by atoms with E-state index in [0.29, 0.717) is 5.13 Å². The lowest BCUT2D eigenvalue weighted by molar-refractivity contribution is -0.119. The average Bonchev–Trinajstić information content (AvgIpc) is 3.13. The SMILES string of the molecule is CC(C)(C)[C@H](N)C(=O)Nc1nc(-c2ccc3c(c2)CCO3)cs1. The van der Waals surface area contributed by atoms with E-state index in [2.05, 4.69) is 16.4 Å². The van der Waals surface area contributed by atoms with E-state index in [4.69, 9.17) is 10.5 Å². The van der Waals surface area contributed by atoms with Crippen LogP contribution in [0.3, 0.4) is 0 Å². The molecule has 5 nitrogen and oxygen atoms in total. The molecule has 1 aromatic carbocycles. The van der Waals surface area contributed by atoms with Gasteiger partial charge in [-0.15, -0.1) is 11.3 Å². The van der Waals surface area contributed by atoms with Crippen LogP contribution >= 0.6 is 11.3 Å². The van der Waals surface area contributed by atoms with Crippen molar-refractivity contribution in [1.82, 2.24) is 4.98 Å². The summed E-state index contributed by atoms with van der Waals surface area (Å²) in [7, 11) is 0. The van der Waals surface area contributed by atoms with Gasteiger partial charge in [0.15, 0.2) is 5.13 Å². The van der Waals surface area contributed by atoms with Gasteiger partial charge in [-0.2, -0.15) is 0 Å². The minimum Gasteiger partial charge on any atom is -0.493 e. The highest BCUT2D eigenvalue weighted by molar-refractivity contribution is 7.14. The van der Waals surface area contributed by atoms with E-state index in [1.807, 2.05) is 38.3 Å². The van der Waals surface area contributed by atoms with Crippen LogP contribution in [0, 0.1) is 5.41 Å². The number of amides is 1. The summed E-state index contributed by atoms with van der Waals surface area (Å²) in [6, 6.07) is 5.49. The largest absolute Gasteiger partial charge is 0.493 e. The minimum absolute atomic E-state index is 0.208. The molecule has 2 heterocycles. The fraction of sp³-hybridized carbons (Fsp3) is 0.412. The van der Waals surface area contributed by atoms with Gasteiger partial charge in [0.05, 0.1) is 18.3 Å². The molecule has 0 unspecified atom stereocenters. The molecule has 1 atom stereocenters. The number of nitrogens with zero attached hydrogens (tertiary/aromatic N) is 1. The first kappa shape index (κ1) is 16.0. The third-order valence-electron chi connectivity index (χ3n) is 3.94. The summed E-state index contributed by atoms with van der Waals surface area (Å²) in [5, 5.41) is 5.32. The molecule has 0 radical (unpaired) electrons. The molecule has 1 aliphatic heterocycles. The Balaban J connectivity index is 1.75. The number of nitrogens with two attached hydrogens (primary N) is 1. The van der Waals surface area contributed by atoms with Crippen LogP contribution in [0.5, 0.6) is 5.75 Å². The molecule has 3 N–H and O–H groups in total. The first-order valence-electron chi connectivity index (χ1n) is 7.62. The normalized spacial score (nSPS) is 15.0. The second-order valence-corrected chi connectivity index (χ2v) is 7.65. The molecule has 0 aliphatic carbocycles. The molecule has 1 aliphatic rings. The number of nitrogens with one attached hydrogen (secondary N) is 1. The molecule has 6 heteroatoms. The van der Waals surface area contributed by atoms with Crippen molar-refractivity contribution in [3.63, 3.8) is 0 Å². The van der Waals surface area contributed by atoms with E-state index >= 15 is 0 Å². The zero-order valence-electron chi connectivity index (χ0n) is 13.6. The number of aromatic nitrogens is 1. The van der Waals surface area contributed by atoms with Gasteiger partial charge in [0, 0.05) is 17.4 Å². The summed E-state index contributed by atoms with van der Waals surface area (Å²) in [4.78, 5) is 16.7. The van der Waals surface area contributed by atoms with Crippen molar-refractivity contribution in [1.29, 1.82) is 0 Å². The Morgan fingerprint density at radius 2 is 2.22 bits per heavy atom. The van der Waals surface area contributed by atoms with E-state index in [1.165, 1.54) is 16.9 Å². The van der Waals surface area contributed by atoms with Gasteiger partial charge in [-0.05, 0) is 29.2 Å². The number of ether oxygens (including phenoxy) is 1. The molecule has 2 aromatic rings. The number of anilines is 1. The number of carbonyl (C=O) groups excluding carboxylic acids is 1. The third-order valence-corrected chi connectivity index (χ3v) is 4.69. The zero-order chi connectivity index (χ0) is 16.6. The highest BCUT2D eigenvalue weighted by Crippen LogP contribution is 2.32. The Labute approximate surface area is 139 Å². The number of hydrogen-bond donors (Lipinski definition) is 2. The minimum atomic E-state index is -0.577. The van der Waals surface area contributed by atoms with E-state index in [-0.39, 0.29) is 11.3 Å². The number of carbonyl (C=O) groups is 1. The molecule has 0 saturated heterocycles. The van der Waals surface area contributed by atoms with Crippen LogP contribution in [-0.2, 0) is 11.2 Å². The van der Waals surface area contributed by atoms with E-state index in [9.17, 15) is 4.79 Å². The molecule has 1 aromatic heterocycles. The number of rotatable bonds is 3. The number of hydrogen-bond acceptors (Lipinski definition) is 5. The molecule has 3 rings (SSSR count). The predicted octanol–water partition coefficient (Wildman–Crippen LogP) is 3.06. The van der Waals surface area contributed by atoms with Crippen LogP contribution in [0.25, 0.3) is 11.3 Å². The maximum absolute atomic E-state index is 12.2. The van der Waals surface area contributed by atoms with Crippen molar-refractivity contribution in [3.8, 4) is 17.0 Å². The van der Waals surface area contributed by atoms with Gasteiger partial charge in [-0.25, -0.2) is 4.98 Å². The van der Waals surface area contributed by atoms with Crippen molar-refractivity contribution >= 4 is 22.4 Å². The Morgan fingerprint density at radius 3 is 2.96 bits per heavy atom. The Hall–Kier alpha value is -1.92. The monoisotopic (exact) mass is 331 g/mol. The summed E-state index contributed by atoms with van der Waals surface area (Å²) in [6.45, 7) is 6.56. The fourth-order valence-corrected chi connectivity index (χ4v) is 3.11. The highest BCUT2D eigenvalue weighted by Gasteiger charge is 2.28. The maximum atomic E-state index is 12.2. The zero-order valence-corrected chi connectivity index (χ0v) is 14.4. The summed E-state index contributed by atoms with van der Waals surface area (Å²) >= 11 is 1.40. The van der Waals surface area contributed by atoms with Crippen LogP contribution in [0.1, 0.15) is 26.3 Å². The quantitative estimate of drug-likeness (QED) is 0.906. The predicted molar refractivity (Wildman–Crippen MR) is 92.8 cm³/mol.